The van der Waals surface area contributed by atoms with E-state index in [0.29, 0.717) is 18.1 Å². The van der Waals surface area contributed by atoms with Gasteiger partial charge in [0.1, 0.15) is 12.4 Å². The normalized spacial score (nSPS) is 10.2. The summed E-state index contributed by atoms with van der Waals surface area (Å²) >= 11 is 3.41. The Morgan fingerprint density at radius 2 is 1.89 bits per heavy atom. The van der Waals surface area contributed by atoms with Crippen LogP contribution in [0.2, 0.25) is 0 Å². The van der Waals surface area contributed by atoms with E-state index in [1.54, 1.807) is 25.3 Å². The molecule has 100 valence electrons. The number of rotatable bonds is 5. The van der Waals surface area contributed by atoms with Crippen molar-refractivity contribution in [3.8, 4) is 17.2 Å². The van der Waals surface area contributed by atoms with Gasteiger partial charge in [-0.2, -0.15) is 0 Å². The number of phenols is 1. The molecule has 0 radical (unpaired) electrons. The van der Waals surface area contributed by atoms with Gasteiger partial charge < -0.3 is 14.6 Å². The maximum absolute atomic E-state index is 9.41. The smallest absolute Gasteiger partial charge is 0.161 e. The highest BCUT2D eigenvalue weighted by Crippen LogP contribution is 2.29. The quantitative estimate of drug-likeness (QED) is 0.849. The van der Waals surface area contributed by atoms with Crippen LogP contribution < -0.4 is 9.47 Å². The standard InChI is InChI=1S/C15H15BrO3/c1-18-14-6-5-11(9-16)8-15(14)19-10-12-3-2-4-13(17)7-12/h2-8,17H,9-10H2,1H3. The van der Waals surface area contributed by atoms with Crippen LogP contribution in [0.15, 0.2) is 42.5 Å². The highest BCUT2D eigenvalue weighted by Gasteiger charge is 2.06. The van der Waals surface area contributed by atoms with Crippen molar-refractivity contribution in [2.75, 3.05) is 7.11 Å². The molecule has 0 saturated heterocycles. The van der Waals surface area contributed by atoms with E-state index in [0.717, 1.165) is 16.5 Å². The van der Waals surface area contributed by atoms with Crippen molar-refractivity contribution in [3.05, 3.63) is 53.6 Å². The van der Waals surface area contributed by atoms with Crippen LogP contribution in [0.25, 0.3) is 0 Å². The number of hydrogen-bond donors (Lipinski definition) is 1. The van der Waals surface area contributed by atoms with Crippen LogP contribution >= 0.6 is 15.9 Å². The molecule has 2 aromatic carbocycles. The third-order valence-corrected chi connectivity index (χ3v) is 3.33. The largest absolute Gasteiger partial charge is 0.508 e. The molecule has 0 atom stereocenters. The summed E-state index contributed by atoms with van der Waals surface area (Å²) in [6, 6.07) is 12.8. The number of methoxy groups -OCH3 is 1. The Balaban J connectivity index is 2.14. The molecule has 0 spiro atoms. The molecule has 0 aliphatic heterocycles. The minimum atomic E-state index is 0.238. The predicted molar refractivity (Wildman–Crippen MR) is 78.1 cm³/mol. The Bertz CT molecular complexity index is 555. The maximum Gasteiger partial charge on any atom is 0.161 e. The fraction of sp³-hybridized carbons (Fsp3) is 0.200. The van der Waals surface area contributed by atoms with Gasteiger partial charge in [0.2, 0.25) is 0 Å². The third-order valence-electron chi connectivity index (χ3n) is 2.69. The van der Waals surface area contributed by atoms with Crippen molar-refractivity contribution < 1.29 is 14.6 Å². The number of halogens is 1. The fourth-order valence-electron chi connectivity index (χ4n) is 1.72. The number of aromatic hydroxyl groups is 1. The predicted octanol–water partition coefficient (Wildman–Crippen LogP) is 3.87. The van der Waals surface area contributed by atoms with Gasteiger partial charge in [0.25, 0.3) is 0 Å². The lowest BCUT2D eigenvalue weighted by Crippen LogP contribution is -1.98. The van der Waals surface area contributed by atoms with Gasteiger partial charge in [-0.3, -0.25) is 0 Å². The number of alkyl halides is 1. The Hall–Kier alpha value is -1.68. The first-order chi connectivity index (χ1) is 9.22. The molecule has 0 unspecified atom stereocenters. The lowest BCUT2D eigenvalue weighted by atomic mass is 10.2. The van der Waals surface area contributed by atoms with Gasteiger partial charge in [0, 0.05) is 5.33 Å². The summed E-state index contributed by atoms with van der Waals surface area (Å²) in [5.41, 5.74) is 2.03. The molecule has 2 aromatic rings. The summed E-state index contributed by atoms with van der Waals surface area (Å²) < 4.78 is 11.0. The molecule has 0 aromatic heterocycles. The molecular formula is C15H15BrO3. The van der Waals surface area contributed by atoms with E-state index in [1.165, 1.54) is 0 Å². The zero-order chi connectivity index (χ0) is 13.7. The summed E-state index contributed by atoms with van der Waals surface area (Å²) in [7, 11) is 1.62. The van der Waals surface area contributed by atoms with Gasteiger partial charge in [-0.25, -0.2) is 0 Å². The van der Waals surface area contributed by atoms with Crippen molar-refractivity contribution in [2.24, 2.45) is 0 Å². The van der Waals surface area contributed by atoms with Crippen LogP contribution in [-0.4, -0.2) is 12.2 Å². The molecule has 3 nitrogen and oxygen atoms in total. The molecule has 0 heterocycles. The molecule has 4 heteroatoms. The summed E-state index contributed by atoms with van der Waals surface area (Å²) in [6.07, 6.45) is 0. The number of phenolic OH excluding ortho intramolecular Hbond substituents is 1. The zero-order valence-electron chi connectivity index (χ0n) is 10.6. The molecule has 19 heavy (non-hydrogen) atoms. The molecule has 0 aliphatic carbocycles. The Morgan fingerprint density at radius 3 is 2.58 bits per heavy atom. The molecule has 0 fully saturated rings. The van der Waals surface area contributed by atoms with Gasteiger partial charge in [0.05, 0.1) is 7.11 Å². The first-order valence-corrected chi connectivity index (χ1v) is 6.98. The zero-order valence-corrected chi connectivity index (χ0v) is 12.2. The van der Waals surface area contributed by atoms with Gasteiger partial charge in [-0.15, -0.1) is 0 Å². The molecule has 0 bridgehead atoms. The first-order valence-electron chi connectivity index (χ1n) is 5.86. The second kappa shape index (κ2) is 6.48. The highest BCUT2D eigenvalue weighted by molar-refractivity contribution is 9.08. The lowest BCUT2D eigenvalue weighted by Gasteiger charge is -2.12. The highest BCUT2D eigenvalue weighted by atomic mass is 79.9. The summed E-state index contributed by atoms with van der Waals surface area (Å²) in [5.74, 6) is 1.63. The Kier molecular flexibility index (Phi) is 4.68. The van der Waals surface area contributed by atoms with Gasteiger partial charge in [0.15, 0.2) is 11.5 Å². The molecule has 0 saturated carbocycles. The average Bonchev–Trinajstić information content (AvgIpc) is 2.45. The average molecular weight is 323 g/mol. The van der Waals surface area contributed by atoms with Crippen molar-refractivity contribution in [3.63, 3.8) is 0 Å². The van der Waals surface area contributed by atoms with Crippen molar-refractivity contribution in [1.82, 2.24) is 0 Å². The van der Waals surface area contributed by atoms with E-state index in [9.17, 15) is 5.11 Å². The molecular weight excluding hydrogens is 308 g/mol. The van der Waals surface area contributed by atoms with Crippen molar-refractivity contribution in [2.45, 2.75) is 11.9 Å². The van der Waals surface area contributed by atoms with E-state index in [2.05, 4.69) is 15.9 Å². The van der Waals surface area contributed by atoms with Crippen molar-refractivity contribution >= 4 is 15.9 Å². The molecule has 0 amide bonds. The van der Waals surface area contributed by atoms with Crippen LogP contribution in [0.5, 0.6) is 17.2 Å². The SMILES string of the molecule is COc1ccc(CBr)cc1OCc1cccc(O)c1. The summed E-state index contributed by atoms with van der Waals surface area (Å²) in [6.45, 7) is 0.385. The molecule has 2 rings (SSSR count). The van der Waals surface area contributed by atoms with Crippen LogP contribution in [0.3, 0.4) is 0 Å². The van der Waals surface area contributed by atoms with Crippen LogP contribution in [0.1, 0.15) is 11.1 Å². The number of benzene rings is 2. The van der Waals surface area contributed by atoms with E-state index in [1.807, 2.05) is 24.3 Å². The lowest BCUT2D eigenvalue weighted by molar-refractivity contribution is 0.284. The monoisotopic (exact) mass is 322 g/mol. The van der Waals surface area contributed by atoms with Crippen LogP contribution in [-0.2, 0) is 11.9 Å². The van der Waals surface area contributed by atoms with E-state index >= 15 is 0 Å². The maximum atomic E-state index is 9.41. The van der Waals surface area contributed by atoms with Gasteiger partial charge >= 0.3 is 0 Å². The number of ether oxygens (including phenoxy) is 2. The summed E-state index contributed by atoms with van der Waals surface area (Å²) in [5, 5.41) is 10.2. The minimum absolute atomic E-state index is 0.238. The van der Waals surface area contributed by atoms with E-state index in [4.69, 9.17) is 9.47 Å². The van der Waals surface area contributed by atoms with Crippen LogP contribution in [0, 0.1) is 0 Å². The van der Waals surface area contributed by atoms with Gasteiger partial charge in [-0.05, 0) is 35.4 Å². The topological polar surface area (TPSA) is 38.7 Å². The number of hydrogen-bond acceptors (Lipinski definition) is 3. The molecule has 0 aliphatic rings. The second-order valence-electron chi connectivity index (χ2n) is 4.08. The van der Waals surface area contributed by atoms with Crippen molar-refractivity contribution in [1.29, 1.82) is 0 Å². The first kappa shape index (κ1) is 13.7. The third kappa shape index (κ3) is 3.64. The fourth-order valence-corrected chi connectivity index (χ4v) is 2.07. The van der Waals surface area contributed by atoms with E-state index < -0.39 is 0 Å². The van der Waals surface area contributed by atoms with Gasteiger partial charge in [-0.1, -0.05) is 34.1 Å². The Labute approximate surface area is 120 Å². The Morgan fingerprint density at radius 1 is 1.05 bits per heavy atom. The summed E-state index contributed by atoms with van der Waals surface area (Å²) in [4.78, 5) is 0. The van der Waals surface area contributed by atoms with E-state index in [-0.39, 0.29) is 5.75 Å². The molecule has 1 N–H and O–H groups in total. The minimum Gasteiger partial charge on any atom is -0.508 e. The second-order valence-corrected chi connectivity index (χ2v) is 4.64. The van der Waals surface area contributed by atoms with Crippen LogP contribution in [0.4, 0.5) is 0 Å².